The summed E-state index contributed by atoms with van der Waals surface area (Å²) in [6, 6.07) is 12.4. The molecule has 0 saturated carbocycles. The van der Waals surface area contributed by atoms with Crippen LogP contribution in [-0.4, -0.2) is 4.92 Å². The molecule has 20 heavy (non-hydrogen) atoms. The number of hydrogen-bond acceptors (Lipinski definition) is 3. The zero-order valence-corrected chi connectivity index (χ0v) is 11.8. The molecule has 0 spiro atoms. The van der Waals surface area contributed by atoms with Crippen LogP contribution in [0.4, 0.5) is 5.69 Å². The third-order valence-corrected chi connectivity index (χ3v) is 3.33. The number of non-ortho nitro benzene ring substituents is 1. The highest BCUT2D eigenvalue weighted by Gasteiger charge is 2.11. The van der Waals surface area contributed by atoms with Gasteiger partial charge in [-0.15, -0.1) is 11.6 Å². The highest BCUT2D eigenvalue weighted by atomic mass is 35.5. The highest BCUT2D eigenvalue weighted by Crippen LogP contribution is 2.26. The lowest BCUT2D eigenvalue weighted by molar-refractivity contribution is -0.384. The SMILES string of the molecule is Cc1ccccc1COc1ccc([N+](=O)[O-])cc1CCl. The minimum Gasteiger partial charge on any atom is -0.489 e. The molecule has 0 aromatic heterocycles. The van der Waals surface area contributed by atoms with Crippen molar-refractivity contribution >= 4 is 17.3 Å². The summed E-state index contributed by atoms with van der Waals surface area (Å²) < 4.78 is 5.72. The van der Waals surface area contributed by atoms with Crippen LogP contribution in [0.2, 0.25) is 0 Å². The van der Waals surface area contributed by atoms with Gasteiger partial charge in [-0.2, -0.15) is 0 Å². The molecule has 104 valence electrons. The van der Waals surface area contributed by atoms with Crippen LogP contribution in [0.25, 0.3) is 0 Å². The Morgan fingerprint density at radius 3 is 2.60 bits per heavy atom. The van der Waals surface area contributed by atoms with E-state index < -0.39 is 4.92 Å². The molecule has 0 fully saturated rings. The van der Waals surface area contributed by atoms with Crippen molar-refractivity contribution in [3.05, 3.63) is 69.3 Å². The second-order valence-electron chi connectivity index (χ2n) is 4.40. The summed E-state index contributed by atoms with van der Waals surface area (Å²) in [5, 5.41) is 10.7. The Hall–Kier alpha value is -2.07. The minimum absolute atomic E-state index is 0.0175. The van der Waals surface area contributed by atoms with Gasteiger partial charge in [0.1, 0.15) is 12.4 Å². The molecule has 0 unspecified atom stereocenters. The van der Waals surface area contributed by atoms with Gasteiger partial charge >= 0.3 is 0 Å². The summed E-state index contributed by atoms with van der Waals surface area (Å²) in [6.45, 7) is 2.42. The maximum atomic E-state index is 10.7. The number of alkyl halides is 1. The zero-order valence-electron chi connectivity index (χ0n) is 11.0. The zero-order chi connectivity index (χ0) is 14.5. The first kappa shape index (κ1) is 14.3. The van der Waals surface area contributed by atoms with Crippen LogP contribution in [0.3, 0.4) is 0 Å². The van der Waals surface area contributed by atoms with Crippen LogP contribution >= 0.6 is 11.6 Å². The molecule has 2 aromatic rings. The molecular weight excluding hydrogens is 278 g/mol. The second kappa shape index (κ2) is 6.39. The summed E-state index contributed by atoms with van der Waals surface area (Å²) >= 11 is 5.82. The minimum atomic E-state index is -0.443. The van der Waals surface area contributed by atoms with Crippen molar-refractivity contribution < 1.29 is 9.66 Å². The van der Waals surface area contributed by atoms with Crippen molar-refractivity contribution in [2.75, 3.05) is 0 Å². The van der Waals surface area contributed by atoms with E-state index in [1.165, 1.54) is 12.1 Å². The molecule has 0 N–H and O–H groups in total. The van der Waals surface area contributed by atoms with Gasteiger partial charge in [0.25, 0.3) is 5.69 Å². The topological polar surface area (TPSA) is 52.4 Å². The monoisotopic (exact) mass is 291 g/mol. The molecule has 0 aliphatic carbocycles. The lowest BCUT2D eigenvalue weighted by Gasteiger charge is -2.11. The molecule has 0 saturated heterocycles. The predicted molar refractivity (Wildman–Crippen MR) is 78.2 cm³/mol. The fraction of sp³-hybridized carbons (Fsp3) is 0.200. The number of rotatable bonds is 5. The first-order valence-electron chi connectivity index (χ1n) is 6.12. The van der Waals surface area contributed by atoms with Gasteiger partial charge in [-0.3, -0.25) is 10.1 Å². The van der Waals surface area contributed by atoms with Gasteiger partial charge in [0, 0.05) is 17.7 Å². The molecule has 0 heterocycles. The smallest absolute Gasteiger partial charge is 0.270 e. The molecular formula is C15H14ClNO3. The Morgan fingerprint density at radius 1 is 1.20 bits per heavy atom. The average molecular weight is 292 g/mol. The standard InChI is InChI=1S/C15H14ClNO3/c1-11-4-2-3-5-12(11)10-20-15-7-6-14(17(18)19)8-13(15)9-16/h2-8H,9-10H2,1H3. The van der Waals surface area contributed by atoms with Crippen LogP contribution in [0.15, 0.2) is 42.5 Å². The Labute approximate surface area is 122 Å². The number of hydrogen-bond donors (Lipinski definition) is 0. The highest BCUT2D eigenvalue weighted by molar-refractivity contribution is 6.17. The average Bonchev–Trinajstić information content (AvgIpc) is 2.46. The Bertz CT molecular complexity index is 628. The van der Waals surface area contributed by atoms with E-state index in [1.54, 1.807) is 6.07 Å². The van der Waals surface area contributed by atoms with E-state index in [0.29, 0.717) is 17.9 Å². The molecule has 2 aromatic carbocycles. The largest absolute Gasteiger partial charge is 0.489 e. The third-order valence-electron chi connectivity index (χ3n) is 3.04. The van der Waals surface area contributed by atoms with Crippen molar-refractivity contribution in [2.45, 2.75) is 19.4 Å². The number of benzene rings is 2. The number of nitrogens with zero attached hydrogens (tertiary/aromatic N) is 1. The maximum absolute atomic E-state index is 10.7. The van der Waals surface area contributed by atoms with Gasteiger partial charge in [-0.1, -0.05) is 24.3 Å². The fourth-order valence-corrected chi connectivity index (χ4v) is 2.06. The van der Waals surface area contributed by atoms with E-state index >= 15 is 0 Å². The van der Waals surface area contributed by atoms with Crippen LogP contribution < -0.4 is 4.74 Å². The van der Waals surface area contributed by atoms with Crippen molar-refractivity contribution in [3.8, 4) is 5.75 Å². The van der Waals surface area contributed by atoms with Gasteiger partial charge < -0.3 is 4.74 Å². The second-order valence-corrected chi connectivity index (χ2v) is 4.67. The molecule has 0 radical (unpaired) electrons. The third kappa shape index (κ3) is 3.27. The van der Waals surface area contributed by atoms with Gasteiger partial charge in [0.2, 0.25) is 0 Å². The number of ether oxygens (including phenoxy) is 1. The number of nitro benzene ring substituents is 1. The number of aryl methyl sites for hydroxylation is 1. The molecule has 5 heteroatoms. The summed E-state index contributed by atoms with van der Waals surface area (Å²) in [5.41, 5.74) is 2.85. The van der Waals surface area contributed by atoms with Crippen LogP contribution in [0, 0.1) is 17.0 Å². The van der Waals surface area contributed by atoms with Crippen molar-refractivity contribution in [1.29, 1.82) is 0 Å². The molecule has 4 nitrogen and oxygen atoms in total. The van der Waals surface area contributed by atoms with E-state index in [9.17, 15) is 10.1 Å². The molecule has 0 bridgehead atoms. The van der Waals surface area contributed by atoms with Crippen LogP contribution in [0.1, 0.15) is 16.7 Å². The fourth-order valence-electron chi connectivity index (χ4n) is 1.85. The Kier molecular flexibility index (Phi) is 4.58. The summed E-state index contributed by atoms with van der Waals surface area (Å²) in [6.07, 6.45) is 0. The molecule has 0 aliphatic rings. The van der Waals surface area contributed by atoms with Crippen LogP contribution in [0.5, 0.6) is 5.75 Å². The Morgan fingerprint density at radius 2 is 1.95 bits per heavy atom. The molecule has 0 amide bonds. The lowest BCUT2D eigenvalue weighted by atomic mass is 10.1. The maximum Gasteiger partial charge on any atom is 0.270 e. The summed E-state index contributed by atoms with van der Waals surface area (Å²) in [7, 11) is 0. The first-order chi connectivity index (χ1) is 9.61. The van der Waals surface area contributed by atoms with Crippen LogP contribution in [-0.2, 0) is 12.5 Å². The molecule has 2 rings (SSSR count). The Balaban J connectivity index is 2.17. The summed E-state index contributed by atoms with van der Waals surface area (Å²) in [4.78, 5) is 10.3. The first-order valence-corrected chi connectivity index (χ1v) is 6.66. The van der Waals surface area contributed by atoms with Gasteiger partial charge in [0.05, 0.1) is 10.8 Å². The van der Waals surface area contributed by atoms with E-state index in [-0.39, 0.29) is 11.6 Å². The van der Waals surface area contributed by atoms with Gasteiger partial charge in [0.15, 0.2) is 0 Å². The predicted octanol–water partition coefficient (Wildman–Crippen LogP) is 4.22. The van der Waals surface area contributed by atoms with E-state index in [4.69, 9.17) is 16.3 Å². The van der Waals surface area contributed by atoms with E-state index in [1.807, 2.05) is 31.2 Å². The van der Waals surface area contributed by atoms with E-state index in [2.05, 4.69) is 0 Å². The van der Waals surface area contributed by atoms with Crippen molar-refractivity contribution in [2.24, 2.45) is 0 Å². The molecule has 0 atom stereocenters. The quantitative estimate of drug-likeness (QED) is 0.471. The van der Waals surface area contributed by atoms with E-state index in [0.717, 1.165) is 11.1 Å². The number of halogens is 1. The van der Waals surface area contributed by atoms with Crippen molar-refractivity contribution in [3.63, 3.8) is 0 Å². The van der Waals surface area contributed by atoms with Gasteiger partial charge in [-0.25, -0.2) is 0 Å². The summed E-state index contributed by atoms with van der Waals surface area (Å²) in [5.74, 6) is 0.749. The van der Waals surface area contributed by atoms with Gasteiger partial charge in [-0.05, 0) is 24.1 Å². The number of nitro groups is 1. The lowest BCUT2D eigenvalue weighted by Crippen LogP contribution is -2.00. The normalized spacial score (nSPS) is 10.3. The van der Waals surface area contributed by atoms with Crippen molar-refractivity contribution in [1.82, 2.24) is 0 Å². The molecule has 0 aliphatic heterocycles.